The molecule has 9 heteroatoms. The number of hydroxylamine groups is 2. The molecule has 0 spiro atoms. The summed E-state index contributed by atoms with van der Waals surface area (Å²) in [5.74, 6) is -0.00520. The molecule has 0 fully saturated rings. The number of amidine groups is 1. The van der Waals surface area contributed by atoms with E-state index in [-0.39, 0.29) is 5.24 Å². The average molecular weight is 321 g/mol. The normalized spacial score (nSPS) is 17.9. The number of unbranched alkanes of at least 4 members (excludes halogenated alkanes) is 1. The zero-order chi connectivity index (χ0) is 15.2. The number of carbonyl (C=O) groups is 1. The van der Waals surface area contributed by atoms with Crippen LogP contribution in [0.25, 0.3) is 0 Å². The minimum atomic E-state index is -1.18. The first-order chi connectivity index (χ1) is 9.39. The predicted octanol–water partition coefficient (Wildman–Crippen LogP) is 1.18. The van der Waals surface area contributed by atoms with E-state index < -0.39 is 11.5 Å². The fourth-order valence-corrected chi connectivity index (χ4v) is 2.63. The second-order valence-electron chi connectivity index (χ2n) is 4.52. The van der Waals surface area contributed by atoms with E-state index in [0.717, 1.165) is 6.42 Å². The lowest BCUT2D eigenvalue weighted by molar-refractivity contribution is -0.142. The third kappa shape index (κ3) is 4.80. The summed E-state index contributed by atoms with van der Waals surface area (Å²) in [5.41, 5.74) is 4.71. The van der Waals surface area contributed by atoms with Gasteiger partial charge in [0.2, 0.25) is 0 Å². The van der Waals surface area contributed by atoms with Crippen molar-refractivity contribution in [3.05, 3.63) is 0 Å². The monoisotopic (exact) mass is 321 g/mol. The molecule has 1 aliphatic rings. The summed E-state index contributed by atoms with van der Waals surface area (Å²) in [4.78, 5) is 21.1. The second-order valence-corrected chi connectivity index (χ2v) is 5.72. The second kappa shape index (κ2) is 7.65. The van der Waals surface area contributed by atoms with Gasteiger partial charge in [0, 0.05) is 24.9 Å². The van der Waals surface area contributed by atoms with Crippen LogP contribution in [0.2, 0.25) is 0 Å². The third-order valence-electron chi connectivity index (χ3n) is 2.86. The summed E-state index contributed by atoms with van der Waals surface area (Å²) in [7, 11) is 0. The van der Waals surface area contributed by atoms with Gasteiger partial charge in [0.15, 0.2) is 5.84 Å². The predicted molar refractivity (Wildman–Crippen MR) is 81.4 cm³/mol. The molecule has 1 unspecified atom stereocenters. The smallest absolute Gasteiger partial charge is 0.404 e. The van der Waals surface area contributed by atoms with Gasteiger partial charge in [0.1, 0.15) is 5.54 Å². The van der Waals surface area contributed by atoms with Crippen LogP contribution in [0.15, 0.2) is 5.16 Å². The fraction of sp³-hybridized carbons (Fsp3) is 0.727. The molecule has 0 aliphatic carbocycles. The van der Waals surface area contributed by atoms with Gasteiger partial charge in [-0.25, -0.2) is 0 Å². The van der Waals surface area contributed by atoms with Crippen molar-refractivity contribution in [1.29, 1.82) is 0 Å². The van der Waals surface area contributed by atoms with Crippen LogP contribution in [0, 0.1) is 0 Å². The molecule has 0 amide bonds. The minimum Gasteiger partial charge on any atom is -0.480 e. The molecule has 0 bridgehead atoms. The lowest BCUT2D eigenvalue weighted by Crippen LogP contribution is -2.50. The highest BCUT2D eigenvalue weighted by atomic mass is 32.2. The first-order valence-corrected chi connectivity index (χ1v) is 7.91. The Balaban J connectivity index is 2.37. The molecule has 0 saturated carbocycles. The fourth-order valence-electron chi connectivity index (χ4n) is 1.72. The Bertz CT molecular complexity index is 405. The molecular formula is C11H19N3O4S2. The zero-order valence-corrected chi connectivity index (χ0v) is 13.1. The van der Waals surface area contributed by atoms with Crippen LogP contribution in [0.1, 0.15) is 26.2 Å². The average Bonchev–Trinajstić information content (AvgIpc) is 2.38. The van der Waals surface area contributed by atoms with Crippen LogP contribution in [-0.2, 0) is 14.5 Å². The number of rotatable bonds is 8. The van der Waals surface area contributed by atoms with Gasteiger partial charge in [-0.2, -0.15) is 16.8 Å². The number of oxime groups is 1. The van der Waals surface area contributed by atoms with Crippen molar-refractivity contribution in [3.8, 4) is 0 Å². The summed E-state index contributed by atoms with van der Waals surface area (Å²) in [5, 5.41) is 14.4. The highest BCUT2D eigenvalue weighted by Gasteiger charge is 2.32. The number of nitrogens with zero attached hydrogens (tertiary/aromatic N) is 2. The number of carboxylic acids is 1. The van der Waals surface area contributed by atoms with Crippen molar-refractivity contribution >= 4 is 41.0 Å². The number of aliphatic carboxylic acids is 1. The van der Waals surface area contributed by atoms with Crippen molar-refractivity contribution < 1.29 is 19.6 Å². The van der Waals surface area contributed by atoms with E-state index in [9.17, 15) is 4.79 Å². The maximum atomic E-state index is 11.2. The van der Waals surface area contributed by atoms with E-state index in [1.807, 2.05) is 6.26 Å². The Morgan fingerprint density at radius 3 is 2.90 bits per heavy atom. The standard InChI is InChI=1S/C11H19N3O4S2/c1-8-13-17-10(19)18-14(8)6-4-3-5-11(12,7-20-2)9(15)16/h3-7,12H2,1-2H3,(H,15,16). The molecule has 1 rings (SSSR count). The molecule has 1 atom stereocenters. The van der Waals surface area contributed by atoms with Gasteiger partial charge in [-0.3, -0.25) is 4.79 Å². The molecule has 1 heterocycles. The molecule has 114 valence electrons. The van der Waals surface area contributed by atoms with Crippen LogP contribution in [0.4, 0.5) is 0 Å². The molecule has 0 aromatic rings. The molecule has 20 heavy (non-hydrogen) atoms. The van der Waals surface area contributed by atoms with Gasteiger partial charge < -0.3 is 20.5 Å². The summed E-state index contributed by atoms with van der Waals surface area (Å²) in [6, 6.07) is 0. The Kier molecular flexibility index (Phi) is 6.50. The van der Waals surface area contributed by atoms with Crippen molar-refractivity contribution in [1.82, 2.24) is 5.06 Å². The van der Waals surface area contributed by atoms with Crippen LogP contribution in [0.3, 0.4) is 0 Å². The van der Waals surface area contributed by atoms with Crippen LogP contribution >= 0.6 is 24.0 Å². The summed E-state index contributed by atoms with van der Waals surface area (Å²) >= 11 is 6.18. The van der Waals surface area contributed by atoms with Gasteiger partial charge in [0.25, 0.3) is 0 Å². The summed E-state index contributed by atoms with van der Waals surface area (Å²) in [6.45, 7) is 2.29. The zero-order valence-electron chi connectivity index (χ0n) is 11.5. The quantitative estimate of drug-likeness (QED) is 0.508. The summed E-state index contributed by atoms with van der Waals surface area (Å²) in [6.07, 6.45) is 3.64. The van der Waals surface area contributed by atoms with Crippen molar-refractivity contribution in [2.45, 2.75) is 31.7 Å². The molecule has 0 radical (unpaired) electrons. The number of hydrogen-bond donors (Lipinski definition) is 2. The molecule has 0 aromatic carbocycles. The van der Waals surface area contributed by atoms with Crippen molar-refractivity contribution in [2.24, 2.45) is 10.9 Å². The Labute approximate surface area is 127 Å². The van der Waals surface area contributed by atoms with E-state index in [1.165, 1.54) is 16.8 Å². The van der Waals surface area contributed by atoms with Gasteiger partial charge in [-0.05, 0) is 25.5 Å². The molecule has 0 saturated heterocycles. The Morgan fingerprint density at radius 1 is 1.60 bits per heavy atom. The number of carboxylic acid groups (broad SMARTS) is 1. The minimum absolute atomic E-state index is 0.0447. The van der Waals surface area contributed by atoms with E-state index in [1.54, 1.807) is 6.92 Å². The first-order valence-electron chi connectivity index (χ1n) is 6.11. The maximum absolute atomic E-state index is 11.2. The van der Waals surface area contributed by atoms with Crippen LogP contribution in [-0.4, -0.2) is 51.3 Å². The van der Waals surface area contributed by atoms with Crippen LogP contribution < -0.4 is 5.73 Å². The SMILES string of the molecule is CSCC(N)(CCCCN1OC(=S)ON=C1C)C(=O)O. The highest BCUT2D eigenvalue weighted by molar-refractivity contribution is 7.98. The van der Waals surface area contributed by atoms with Gasteiger partial charge >= 0.3 is 11.2 Å². The molecule has 0 aromatic heterocycles. The van der Waals surface area contributed by atoms with E-state index in [2.05, 4.69) is 5.16 Å². The van der Waals surface area contributed by atoms with Gasteiger partial charge in [0.05, 0.1) is 6.54 Å². The van der Waals surface area contributed by atoms with Crippen molar-refractivity contribution in [2.75, 3.05) is 18.6 Å². The number of thioether (sulfide) groups is 1. The highest BCUT2D eigenvalue weighted by Crippen LogP contribution is 2.17. The van der Waals surface area contributed by atoms with Crippen LogP contribution in [0.5, 0.6) is 0 Å². The van der Waals surface area contributed by atoms with E-state index in [4.69, 9.17) is 32.7 Å². The first kappa shape index (κ1) is 17.0. The maximum Gasteiger partial charge on any atom is 0.404 e. The van der Waals surface area contributed by atoms with Gasteiger partial charge in [-0.15, -0.1) is 0 Å². The molecule has 7 nitrogen and oxygen atoms in total. The number of thiocarbonyl (C=S) groups is 1. The number of nitrogens with two attached hydrogens (primary N) is 1. The largest absolute Gasteiger partial charge is 0.480 e. The van der Waals surface area contributed by atoms with E-state index in [0.29, 0.717) is 31.0 Å². The van der Waals surface area contributed by atoms with Crippen molar-refractivity contribution in [3.63, 3.8) is 0 Å². The molecule has 1 aliphatic heterocycles. The number of hydrogen-bond acceptors (Lipinski definition) is 8. The molecule has 3 N–H and O–H groups in total. The topological polar surface area (TPSA) is 97.4 Å². The Hall–Kier alpha value is -1.06. The third-order valence-corrected chi connectivity index (χ3v) is 3.81. The Morgan fingerprint density at radius 2 is 2.30 bits per heavy atom. The lowest BCUT2D eigenvalue weighted by Gasteiger charge is -2.26. The van der Waals surface area contributed by atoms with Gasteiger partial charge in [-0.1, -0.05) is 5.16 Å². The van der Waals surface area contributed by atoms with E-state index >= 15 is 0 Å². The lowest BCUT2D eigenvalue weighted by atomic mass is 9.96. The molecular weight excluding hydrogens is 302 g/mol. The summed E-state index contributed by atoms with van der Waals surface area (Å²) < 4.78 is 0.